The molecule has 8 nitrogen and oxygen atoms in total. The molecule has 2 atom stereocenters. The SMILES string of the molecule is C=C(C)CN1CCC(=CC2=C(C(=O)O)N3C(=O)[C@@H](NC(=O)CSc4ccccc4)[C@H]3SC2)C1=O.[Na]. The molecular weight excluding hydrogens is 497 g/mol. The second kappa shape index (κ2) is 11.8. The second-order valence-electron chi connectivity index (χ2n) is 8.34. The van der Waals surface area contributed by atoms with Crippen LogP contribution in [0.4, 0.5) is 0 Å². The van der Waals surface area contributed by atoms with E-state index in [1.165, 1.54) is 28.4 Å². The number of hydrogen-bond acceptors (Lipinski definition) is 6. The first kappa shape index (κ1) is 27.6. The van der Waals surface area contributed by atoms with Gasteiger partial charge in [-0.05, 0) is 37.1 Å². The van der Waals surface area contributed by atoms with Gasteiger partial charge in [-0.1, -0.05) is 30.4 Å². The van der Waals surface area contributed by atoms with Gasteiger partial charge >= 0.3 is 5.97 Å². The molecule has 0 aliphatic carbocycles. The zero-order valence-electron chi connectivity index (χ0n) is 19.7. The Morgan fingerprint density at radius 2 is 2.00 bits per heavy atom. The zero-order valence-corrected chi connectivity index (χ0v) is 23.3. The quantitative estimate of drug-likeness (QED) is 0.177. The number of allylic oxidation sites excluding steroid dienone is 1. The minimum atomic E-state index is -1.22. The molecule has 1 aromatic rings. The minimum absolute atomic E-state index is 0. The summed E-state index contributed by atoms with van der Waals surface area (Å²) in [7, 11) is 0. The number of nitrogens with one attached hydrogen (secondary N) is 1. The van der Waals surface area contributed by atoms with Crippen molar-refractivity contribution in [1.29, 1.82) is 0 Å². The summed E-state index contributed by atoms with van der Waals surface area (Å²) in [5.41, 5.74) is 1.73. The van der Waals surface area contributed by atoms with Crippen LogP contribution in [0, 0.1) is 0 Å². The molecular formula is C24H25N3NaO5S2. The maximum atomic E-state index is 12.8. The molecule has 3 amide bonds. The Balaban J connectivity index is 0.00000342. The number of fused-ring (bicyclic) bond motifs is 1. The van der Waals surface area contributed by atoms with Gasteiger partial charge in [0, 0.05) is 58.9 Å². The van der Waals surface area contributed by atoms with Gasteiger partial charge in [0.2, 0.25) is 11.8 Å². The molecule has 3 aliphatic rings. The summed E-state index contributed by atoms with van der Waals surface area (Å²) in [5.74, 6) is -1.60. The first-order chi connectivity index (χ1) is 16.3. The van der Waals surface area contributed by atoms with Crippen molar-refractivity contribution in [2.75, 3.05) is 24.6 Å². The Kier molecular flexibility index (Phi) is 9.34. The molecule has 2 fully saturated rings. The van der Waals surface area contributed by atoms with E-state index in [9.17, 15) is 24.3 Å². The molecule has 2 saturated heterocycles. The zero-order chi connectivity index (χ0) is 24.4. The van der Waals surface area contributed by atoms with Crippen molar-refractivity contribution in [3.8, 4) is 0 Å². The molecule has 11 heteroatoms. The van der Waals surface area contributed by atoms with E-state index in [-0.39, 0.29) is 52.8 Å². The van der Waals surface area contributed by atoms with E-state index < -0.39 is 23.3 Å². The first-order valence-corrected chi connectivity index (χ1v) is 12.8. The fraction of sp³-hybridized carbons (Fsp3) is 0.333. The fourth-order valence-electron chi connectivity index (χ4n) is 4.12. The van der Waals surface area contributed by atoms with Crippen molar-refractivity contribution in [3.05, 3.63) is 65.4 Å². The van der Waals surface area contributed by atoms with Crippen molar-refractivity contribution in [2.45, 2.75) is 29.7 Å². The number of aliphatic carboxylic acids is 1. The predicted octanol–water partition coefficient (Wildman–Crippen LogP) is 1.87. The molecule has 0 aromatic heterocycles. The normalized spacial score (nSPS) is 22.5. The Hall–Kier alpha value is -1.98. The van der Waals surface area contributed by atoms with Gasteiger partial charge in [0.1, 0.15) is 17.1 Å². The number of carbonyl (C=O) groups is 4. The summed E-state index contributed by atoms with van der Waals surface area (Å²) >= 11 is 2.75. The number of likely N-dealkylation sites (tertiary alicyclic amines) is 1. The van der Waals surface area contributed by atoms with Gasteiger partial charge in [0.15, 0.2) is 0 Å². The number of amides is 3. The van der Waals surface area contributed by atoms with Crippen molar-refractivity contribution in [3.63, 3.8) is 0 Å². The predicted molar refractivity (Wildman–Crippen MR) is 137 cm³/mol. The van der Waals surface area contributed by atoms with Crippen LogP contribution >= 0.6 is 23.5 Å². The van der Waals surface area contributed by atoms with E-state index in [0.29, 0.717) is 36.4 Å². The molecule has 0 spiro atoms. The molecule has 3 aliphatic heterocycles. The van der Waals surface area contributed by atoms with Gasteiger partial charge in [0.25, 0.3) is 5.91 Å². The summed E-state index contributed by atoms with van der Waals surface area (Å²) < 4.78 is 0. The van der Waals surface area contributed by atoms with Gasteiger partial charge in [-0.3, -0.25) is 19.3 Å². The number of rotatable bonds is 8. The summed E-state index contributed by atoms with van der Waals surface area (Å²) in [4.78, 5) is 53.8. The molecule has 2 N–H and O–H groups in total. The van der Waals surface area contributed by atoms with Gasteiger partial charge in [-0.2, -0.15) is 0 Å². The maximum Gasteiger partial charge on any atom is 0.352 e. The summed E-state index contributed by atoms with van der Waals surface area (Å²) in [5, 5.41) is 12.1. The van der Waals surface area contributed by atoms with Crippen LogP contribution in [0.3, 0.4) is 0 Å². The van der Waals surface area contributed by atoms with Gasteiger partial charge in [-0.15, -0.1) is 23.5 Å². The van der Waals surface area contributed by atoms with Crippen molar-refractivity contribution in [2.24, 2.45) is 0 Å². The van der Waals surface area contributed by atoms with E-state index in [0.717, 1.165) is 10.5 Å². The number of thioether (sulfide) groups is 2. The molecule has 4 rings (SSSR count). The average molecular weight is 523 g/mol. The number of carbonyl (C=O) groups excluding carboxylic acids is 3. The number of nitrogens with zero attached hydrogens (tertiary/aromatic N) is 2. The maximum absolute atomic E-state index is 12.8. The third-order valence-corrected chi connectivity index (χ3v) is 7.97. The monoisotopic (exact) mass is 522 g/mol. The number of β-lactam (4-membered cyclic amide) rings is 1. The van der Waals surface area contributed by atoms with Crippen LogP contribution in [0.15, 0.2) is 70.3 Å². The van der Waals surface area contributed by atoms with Crippen LogP contribution < -0.4 is 5.32 Å². The minimum Gasteiger partial charge on any atom is -0.477 e. The largest absolute Gasteiger partial charge is 0.477 e. The van der Waals surface area contributed by atoms with Crippen LogP contribution in [-0.4, -0.2) is 104 Å². The molecule has 1 aromatic carbocycles. The Morgan fingerprint density at radius 3 is 2.66 bits per heavy atom. The molecule has 0 saturated carbocycles. The number of hydrogen-bond donors (Lipinski definition) is 2. The average Bonchev–Trinajstić information content (AvgIpc) is 3.14. The van der Waals surface area contributed by atoms with Crippen molar-refractivity contribution >= 4 is 76.8 Å². The van der Waals surface area contributed by atoms with E-state index in [2.05, 4.69) is 11.9 Å². The molecule has 1 radical (unpaired) electrons. The smallest absolute Gasteiger partial charge is 0.352 e. The van der Waals surface area contributed by atoms with E-state index in [1.807, 2.05) is 37.3 Å². The Bertz CT molecular complexity index is 1120. The second-order valence-corrected chi connectivity index (χ2v) is 10.5. The van der Waals surface area contributed by atoms with Crippen LogP contribution in [0.5, 0.6) is 0 Å². The van der Waals surface area contributed by atoms with Gasteiger partial charge in [0.05, 0.1) is 5.75 Å². The standard InChI is InChI=1S/C24H25N3O5S2.Na/c1-14(2)11-26-9-8-15(21(26)29)10-16-12-34-23-19(22(30)27(23)20(16)24(31)32)25-18(28)13-33-17-6-4-3-5-7-17;/h3-7,10,19,23H,1,8-9,11-13H2,2H3,(H,25,28)(H,31,32);/t19-,23-;/m1./s1. The summed E-state index contributed by atoms with van der Waals surface area (Å²) in [6.45, 7) is 6.71. The first-order valence-electron chi connectivity index (χ1n) is 10.8. The summed E-state index contributed by atoms with van der Waals surface area (Å²) in [6, 6.07) is 8.70. The van der Waals surface area contributed by atoms with Crippen molar-refractivity contribution in [1.82, 2.24) is 15.1 Å². The van der Waals surface area contributed by atoms with Gasteiger partial charge in [-0.25, -0.2) is 4.79 Å². The van der Waals surface area contributed by atoms with E-state index in [1.54, 1.807) is 11.0 Å². The molecule has 3 heterocycles. The Morgan fingerprint density at radius 1 is 1.29 bits per heavy atom. The molecule has 179 valence electrons. The summed E-state index contributed by atoms with van der Waals surface area (Å²) in [6.07, 6.45) is 2.13. The van der Waals surface area contributed by atoms with Gasteiger partial charge < -0.3 is 15.3 Å². The third-order valence-electron chi connectivity index (χ3n) is 5.65. The van der Waals surface area contributed by atoms with Crippen LogP contribution in [-0.2, 0) is 19.2 Å². The fourth-order valence-corrected chi connectivity index (χ4v) is 6.16. The van der Waals surface area contributed by atoms with E-state index >= 15 is 0 Å². The third kappa shape index (κ3) is 6.06. The van der Waals surface area contributed by atoms with E-state index in [4.69, 9.17) is 0 Å². The van der Waals surface area contributed by atoms with Crippen molar-refractivity contribution < 1.29 is 24.3 Å². The molecule has 35 heavy (non-hydrogen) atoms. The van der Waals surface area contributed by atoms with Crippen LogP contribution in [0.1, 0.15) is 13.3 Å². The van der Waals surface area contributed by atoms with Crippen LogP contribution in [0.2, 0.25) is 0 Å². The number of benzene rings is 1. The Labute approximate surface area is 234 Å². The molecule has 0 unspecified atom stereocenters. The number of carboxylic acid groups (broad SMARTS) is 1. The molecule has 0 bridgehead atoms. The number of carboxylic acids is 1. The van der Waals surface area contributed by atoms with Crippen LogP contribution in [0.25, 0.3) is 0 Å². The topological polar surface area (TPSA) is 107 Å².